The summed E-state index contributed by atoms with van der Waals surface area (Å²) in [5, 5.41) is 2.94. The third-order valence-corrected chi connectivity index (χ3v) is 3.32. The largest absolute Gasteiger partial charge is 0.336 e. The number of fused-ring (bicyclic) bond motifs is 1. The Bertz CT molecular complexity index is 452. The molecule has 0 bridgehead atoms. The molecule has 0 spiro atoms. The second-order valence-corrected chi connectivity index (χ2v) is 5.64. The molecule has 0 unspecified atom stereocenters. The third-order valence-electron chi connectivity index (χ3n) is 3.32. The van der Waals surface area contributed by atoms with Crippen molar-refractivity contribution in [3.8, 4) is 0 Å². The molecule has 3 nitrogen and oxygen atoms in total. The molecule has 0 saturated heterocycles. The molecule has 1 aliphatic heterocycles. The molecular formula is C15H22N2O. The summed E-state index contributed by atoms with van der Waals surface area (Å²) in [5.41, 5.74) is 3.92. The number of carbonyl (C=O) groups excluding carboxylic acids is 1. The van der Waals surface area contributed by atoms with Crippen molar-refractivity contribution >= 4 is 6.03 Å². The van der Waals surface area contributed by atoms with Crippen molar-refractivity contribution in [3.05, 3.63) is 34.9 Å². The second kappa shape index (κ2) is 5.01. The van der Waals surface area contributed by atoms with E-state index in [0.29, 0.717) is 5.92 Å². The molecule has 2 rings (SSSR count). The highest BCUT2D eigenvalue weighted by Gasteiger charge is 2.23. The Labute approximate surface area is 109 Å². The summed E-state index contributed by atoms with van der Waals surface area (Å²) in [4.78, 5) is 13.8. The lowest BCUT2D eigenvalue weighted by Gasteiger charge is -2.18. The van der Waals surface area contributed by atoms with Crippen LogP contribution in [0.25, 0.3) is 0 Å². The van der Waals surface area contributed by atoms with Gasteiger partial charge in [-0.2, -0.15) is 0 Å². The monoisotopic (exact) mass is 246 g/mol. The van der Waals surface area contributed by atoms with E-state index in [9.17, 15) is 4.79 Å². The summed E-state index contributed by atoms with van der Waals surface area (Å²) in [6.45, 7) is 9.82. The van der Waals surface area contributed by atoms with Crippen molar-refractivity contribution < 1.29 is 4.79 Å². The van der Waals surface area contributed by atoms with E-state index in [1.165, 1.54) is 16.7 Å². The van der Waals surface area contributed by atoms with Crippen molar-refractivity contribution in [2.45, 2.75) is 52.7 Å². The summed E-state index contributed by atoms with van der Waals surface area (Å²) in [5.74, 6) is 0.536. The van der Waals surface area contributed by atoms with E-state index < -0.39 is 0 Å². The maximum absolute atomic E-state index is 12.0. The van der Waals surface area contributed by atoms with E-state index in [-0.39, 0.29) is 12.1 Å². The molecule has 18 heavy (non-hydrogen) atoms. The first-order chi connectivity index (χ1) is 8.47. The number of hydrogen-bond acceptors (Lipinski definition) is 1. The van der Waals surface area contributed by atoms with Gasteiger partial charge in [-0.15, -0.1) is 0 Å². The average Bonchev–Trinajstić information content (AvgIpc) is 2.70. The van der Waals surface area contributed by atoms with Crippen LogP contribution in [0.4, 0.5) is 4.79 Å². The minimum absolute atomic E-state index is 0.0345. The van der Waals surface area contributed by atoms with Gasteiger partial charge in [0.15, 0.2) is 0 Å². The number of rotatable bonds is 2. The van der Waals surface area contributed by atoms with Gasteiger partial charge in [-0.25, -0.2) is 4.79 Å². The average molecular weight is 246 g/mol. The van der Waals surface area contributed by atoms with Crippen LogP contribution in [-0.4, -0.2) is 17.0 Å². The number of nitrogens with one attached hydrogen (secondary N) is 1. The summed E-state index contributed by atoms with van der Waals surface area (Å²) < 4.78 is 0. The molecule has 1 N–H and O–H groups in total. The van der Waals surface area contributed by atoms with Gasteiger partial charge in [-0.05, 0) is 36.5 Å². The van der Waals surface area contributed by atoms with Gasteiger partial charge in [0.25, 0.3) is 0 Å². The lowest BCUT2D eigenvalue weighted by atomic mass is 9.99. The lowest BCUT2D eigenvalue weighted by Crippen LogP contribution is -2.40. The van der Waals surface area contributed by atoms with E-state index in [1.54, 1.807) is 0 Å². The van der Waals surface area contributed by atoms with Gasteiger partial charge in [-0.3, -0.25) is 0 Å². The van der Waals surface area contributed by atoms with Crippen LogP contribution in [0, 0.1) is 0 Å². The number of urea groups is 1. The maximum Gasteiger partial charge on any atom is 0.318 e. The summed E-state index contributed by atoms with van der Waals surface area (Å²) in [6, 6.07) is 6.79. The minimum atomic E-state index is 0.0345. The van der Waals surface area contributed by atoms with Crippen LogP contribution >= 0.6 is 0 Å². The number of hydrogen-bond donors (Lipinski definition) is 1. The SMILES string of the molecule is CC(C)NC(=O)N1Cc2ccc(C(C)C)cc2C1. The van der Waals surface area contributed by atoms with Crippen LogP contribution in [-0.2, 0) is 13.1 Å². The van der Waals surface area contributed by atoms with Crippen LogP contribution in [0.15, 0.2) is 18.2 Å². The first-order valence-corrected chi connectivity index (χ1v) is 6.64. The molecule has 0 aliphatic carbocycles. The van der Waals surface area contributed by atoms with E-state index in [0.717, 1.165) is 13.1 Å². The molecule has 0 atom stereocenters. The molecule has 0 saturated carbocycles. The molecule has 0 fully saturated rings. The van der Waals surface area contributed by atoms with Gasteiger partial charge >= 0.3 is 6.03 Å². The van der Waals surface area contributed by atoms with Crippen molar-refractivity contribution in [3.63, 3.8) is 0 Å². The van der Waals surface area contributed by atoms with E-state index in [4.69, 9.17) is 0 Å². The fourth-order valence-electron chi connectivity index (χ4n) is 2.26. The fraction of sp³-hybridized carbons (Fsp3) is 0.533. The number of carbonyl (C=O) groups is 1. The summed E-state index contributed by atoms with van der Waals surface area (Å²) in [7, 11) is 0. The van der Waals surface area contributed by atoms with Crippen LogP contribution in [0.5, 0.6) is 0 Å². The first-order valence-electron chi connectivity index (χ1n) is 6.64. The normalized spacial score (nSPS) is 14.2. The highest BCUT2D eigenvalue weighted by molar-refractivity contribution is 5.75. The molecule has 1 aromatic carbocycles. The van der Waals surface area contributed by atoms with Gasteiger partial charge < -0.3 is 10.2 Å². The number of amides is 2. The standard InChI is InChI=1S/C15H22N2O/c1-10(2)12-5-6-13-8-17(9-14(13)7-12)15(18)16-11(3)4/h5-7,10-11H,8-9H2,1-4H3,(H,16,18). The fourth-order valence-corrected chi connectivity index (χ4v) is 2.26. The zero-order valence-corrected chi connectivity index (χ0v) is 11.7. The van der Waals surface area contributed by atoms with Gasteiger partial charge in [0.05, 0.1) is 0 Å². The molecule has 0 aromatic heterocycles. The van der Waals surface area contributed by atoms with Crippen LogP contribution in [0.3, 0.4) is 0 Å². The Morgan fingerprint density at radius 3 is 2.44 bits per heavy atom. The quantitative estimate of drug-likeness (QED) is 0.853. The topological polar surface area (TPSA) is 32.3 Å². The first kappa shape index (κ1) is 12.9. The molecule has 3 heteroatoms. The van der Waals surface area contributed by atoms with Crippen molar-refractivity contribution in [2.24, 2.45) is 0 Å². The van der Waals surface area contributed by atoms with E-state index in [2.05, 4.69) is 37.4 Å². The Morgan fingerprint density at radius 2 is 1.83 bits per heavy atom. The van der Waals surface area contributed by atoms with Crippen molar-refractivity contribution in [2.75, 3.05) is 0 Å². The lowest BCUT2D eigenvalue weighted by molar-refractivity contribution is 0.196. The Kier molecular flexibility index (Phi) is 3.60. The number of nitrogens with zero attached hydrogens (tertiary/aromatic N) is 1. The highest BCUT2D eigenvalue weighted by atomic mass is 16.2. The van der Waals surface area contributed by atoms with Gasteiger partial charge in [-0.1, -0.05) is 32.0 Å². The Balaban J connectivity index is 2.10. The van der Waals surface area contributed by atoms with Crippen molar-refractivity contribution in [1.29, 1.82) is 0 Å². The van der Waals surface area contributed by atoms with Gasteiger partial charge in [0, 0.05) is 19.1 Å². The molecule has 1 heterocycles. The van der Waals surface area contributed by atoms with Crippen molar-refractivity contribution in [1.82, 2.24) is 10.2 Å². The predicted molar refractivity (Wildman–Crippen MR) is 73.4 cm³/mol. The van der Waals surface area contributed by atoms with Gasteiger partial charge in [0.2, 0.25) is 0 Å². The third kappa shape index (κ3) is 2.66. The number of benzene rings is 1. The second-order valence-electron chi connectivity index (χ2n) is 5.64. The summed E-state index contributed by atoms with van der Waals surface area (Å²) >= 11 is 0. The molecule has 2 amide bonds. The molecule has 0 radical (unpaired) electrons. The Hall–Kier alpha value is -1.51. The summed E-state index contributed by atoms with van der Waals surface area (Å²) in [6.07, 6.45) is 0. The highest BCUT2D eigenvalue weighted by Crippen LogP contribution is 2.26. The minimum Gasteiger partial charge on any atom is -0.336 e. The van der Waals surface area contributed by atoms with Crippen LogP contribution in [0.2, 0.25) is 0 Å². The Morgan fingerprint density at radius 1 is 1.17 bits per heavy atom. The smallest absolute Gasteiger partial charge is 0.318 e. The maximum atomic E-state index is 12.0. The molecular weight excluding hydrogens is 224 g/mol. The predicted octanol–water partition coefficient (Wildman–Crippen LogP) is 3.24. The molecule has 1 aromatic rings. The van der Waals surface area contributed by atoms with Crippen LogP contribution < -0.4 is 5.32 Å². The zero-order chi connectivity index (χ0) is 13.3. The molecule has 1 aliphatic rings. The molecule has 98 valence electrons. The zero-order valence-electron chi connectivity index (χ0n) is 11.7. The van der Waals surface area contributed by atoms with Gasteiger partial charge in [0.1, 0.15) is 0 Å². The van der Waals surface area contributed by atoms with Crippen LogP contribution in [0.1, 0.15) is 50.3 Å². The van der Waals surface area contributed by atoms with E-state index in [1.807, 2.05) is 18.7 Å². The van der Waals surface area contributed by atoms with E-state index >= 15 is 0 Å².